The highest BCUT2D eigenvalue weighted by atomic mass is 32.2. The van der Waals surface area contributed by atoms with Crippen molar-refractivity contribution in [3.05, 3.63) is 144 Å². The van der Waals surface area contributed by atoms with E-state index in [0.29, 0.717) is 33.9 Å². The monoisotopic (exact) mass is 1180 g/mol. The molecule has 0 atom stereocenters. The maximum absolute atomic E-state index is 13.5. The molecule has 8 rings (SSSR count). The van der Waals surface area contributed by atoms with E-state index in [1.165, 1.54) is 56.7 Å². The van der Waals surface area contributed by atoms with Crippen LogP contribution in [0.25, 0.3) is 21.5 Å². The lowest BCUT2D eigenvalue weighted by Crippen LogP contribution is -2.15. The first kappa shape index (κ1) is 58.3. The standard InChI is InChI=1S/C52H46N8O17S4/c1-29-20-41(57-58-42-27-47(76-4)43(28-46(42)75-3)59-60-50-49(81(72,73)74)24-32-21-36(15-16-38(32)51(50)61)53-34-9-6-5-7-10-34)30(2)19-40(29)56-55-35-13-11-31(12-14-35)52(62)54-44-26-39-33(23-48(44)80(69,70)71)22-37(79(66,67)68)25-45(39)77-17-8-18-78(63,64)65/h5-7,9-16,19-28,53,61H,8,17-18H2,1-4H3,(H,54,62)(H,63,64,65)(H,66,67,68)(H,69,70,71)(H,72,73,74). The number of nitrogens with one attached hydrogen (secondary N) is 2. The first-order valence-electron chi connectivity index (χ1n) is 23.5. The summed E-state index contributed by atoms with van der Waals surface area (Å²) in [5, 5.41) is 42.9. The number of ether oxygens (including phenoxy) is 3. The number of benzene rings is 8. The summed E-state index contributed by atoms with van der Waals surface area (Å²) in [7, 11) is -16.6. The Morgan fingerprint density at radius 1 is 0.543 bits per heavy atom. The average Bonchev–Trinajstić information content (AvgIpc) is 3.44. The first-order chi connectivity index (χ1) is 38.2. The van der Waals surface area contributed by atoms with Gasteiger partial charge >= 0.3 is 0 Å². The minimum absolute atomic E-state index is 0.00353. The van der Waals surface area contributed by atoms with Gasteiger partial charge in [0.05, 0.1) is 54.2 Å². The maximum Gasteiger partial charge on any atom is 0.296 e. The molecule has 25 nitrogen and oxygen atoms in total. The van der Waals surface area contributed by atoms with Gasteiger partial charge in [0, 0.05) is 45.9 Å². The molecule has 1 amide bonds. The van der Waals surface area contributed by atoms with Crippen molar-refractivity contribution >= 4 is 119 Å². The number of nitrogens with zero attached hydrogens (tertiary/aromatic N) is 6. The molecule has 0 radical (unpaired) electrons. The topological polar surface area (TPSA) is 381 Å². The van der Waals surface area contributed by atoms with E-state index in [0.717, 1.165) is 30.0 Å². The molecule has 7 N–H and O–H groups in total. The Hall–Kier alpha value is -8.81. The van der Waals surface area contributed by atoms with Crippen LogP contribution in [0.3, 0.4) is 0 Å². The number of hydrogen-bond acceptors (Lipinski definition) is 20. The van der Waals surface area contributed by atoms with Crippen molar-refractivity contribution in [1.29, 1.82) is 0 Å². The van der Waals surface area contributed by atoms with E-state index >= 15 is 0 Å². The quantitative estimate of drug-likeness (QED) is 0.0212. The second kappa shape index (κ2) is 23.5. The molecular formula is C52H46N8O17S4. The van der Waals surface area contributed by atoms with Crippen molar-refractivity contribution in [2.45, 2.75) is 35.0 Å². The molecule has 0 bridgehead atoms. The Morgan fingerprint density at radius 2 is 1.11 bits per heavy atom. The summed E-state index contributed by atoms with van der Waals surface area (Å²) in [6, 6.07) is 30.8. The first-order valence-corrected chi connectivity index (χ1v) is 29.4. The third kappa shape index (κ3) is 14.2. The molecule has 0 heterocycles. The summed E-state index contributed by atoms with van der Waals surface area (Å²) >= 11 is 0. The number of carbonyl (C=O) groups is 1. The number of phenols is 1. The van der Waals surface area contributed by atoms with Gasteiger partial charge in [0.1, 0.15) is 44.1 Å². The molecule has 0 saturated heterocycles. The van der Waals surface area contributed by atoms with Crippen LogP contribution in [0.15, 0.2) is 173 Å². The predicted molar refractivity (Wildman–Crippen MR) is 298 cm³/mol. The van der Waals surface area contributed by atoms with Gasteiger partial charge in [-0.3, -0.25) is 23.0 Å². The minimum atomic E-state index is -5.09. The number of rotatable bonds is 20. The molecule has 0 aliphatic heterocycles. The van der Waals surface area contributed by atoms with Crippen LogP contribution in [-0.4, -0.2) is 89.5 Å². The highest BCUT2D eigenvalue weighted by Gasteiger charge is 2.25. The Kier molecular flexibility index (Phi) is 16.9. The fourth-order valence-electron chi connectivity index (χ4n) is 7.96. The molecular weight excluding hydrogens is 1140 g/mol. The lowest BCUT2D eigenvalue weighted by Gasteiger charge is -2.15. The van der Waals surface area contributed by atoms with Crippen LogP contribution in [0, 0.1) is 13.8 Å². The van der Waals surface area contributed by atoms with Crippen LogP contribution in [-0.2, 0) is 40.5 Å². The van der Waals surface area contributed by atoms with Crippen LogP contribution >= 0.6 is 0 Å². The van der Waals surface area contributed by atoms with Crippen LogP contribution in [0.2, 0.25) is 0 Å². The number of carbonyl (C=O) groups excluding carboxylic acids is 1. The highest BCUT2D eigenvalue weighted by Crippen LogP contribution is 2.46. The summed E-state index contributed by atoms with van der Waals surface area (Å²) in [6.07, 6.45) is -0.253. The van der Waals surface area contributed by atoms with Gasteiger partial charge in [-0.25, -0.2) is 0 Å². The van der Waals surface area contributed by atoms with E-state index in [4.69, 9.17) is 18.8 Å². The van der Waals surface area contributed by atoms with E-state index in [1.54, 1.807) is 44.2 Å². The number of aromatic hydroxyl groups is 1. The number of azo groups is 3. The zero-order valence-electron chi connectivity index (χ0n) is 42.7. The summed E-state index contributed by atoms with van der Waals surface area (Å²) in [5.41, 5.74) is 3.02. The normalized spacial score (nSPS) is 12.4. The van der Waals surface area contributed by atoms with E-state index in [9.17, 15) is 57.2 Å². The molecule has 29 heteroatoms. The highest BCUT2D eigenvalue weighted by molar-refractivity contribution is 7.86. The number of amides is 1. The lowest BCUT2D eigenvalue weighted by molar-refractivity contribution is 0.102. The summed E-state index contributed by atoms with van der Waals surface area (Å²) < 4.78 is 153. The third-order valence-corrected chi connectivity index (χ3v) is 15.3. The largest absolute Gasteiger partial charge is 0.505 e. The van der Waals surface area contributed by atoms with E-state index in [-0.39, 0.29) is 68.8 Å². The van der Waals surface area contributed by atoms with Gasteiger partial charge in [-0.1, -0.05) is 18.2 Å². The number of fused-ring (bicyclic) bond motifs is 2. The molecule has 420 valence electrons. The van der Waals surface area contributed by atoms with Crippen LogP contribution in [0.5, 0.6) is 23.0 Å². The lowest BCUT2D eigenvalue weighted by atomic mass is 10.1. The van der Waals surface area contributed by atoms with Gasteiger partial charge in [-0.2, -0.15) is 49.0 Å². The molecule has 8 aromatic rings. The number of aryl methyl sites for hydroxylation is 2. The molecule has 0 fully saturated rings. The van der Waals surface area contributed by atoms with Gasteiger partial charge in [0.25, 0.3) is 46.4 Å². The summed E-state index contributed by atoms with van der Waals surface area (Å²) in [6.45, 7) is 3.12. The molecule has 0 aliphatic carbocycles. The molecule has 0 aromatic heterocycles. The van der Waals surface area contributed by atoms with Crippen LogP contribution in [0.4, 0.5) is 51.2 Å². The number of methoxy groups -OCH3 is 2. The van der Waals surface area contributed by atoms with Gasteiger partial charge in [0.2, 0.25) is 0 Å². The maximum atomic E-state index is 13.5. The van der Waals surface area contributed by atoms with Crippen molar-refractivity contribution in [2.24, 2.45) is 30.7 Å². The van der Waals surface area contributed by atoms with E-state index < -0.39 is 83.9 Å². The molecule has 8 aromatic carbocycles. The van der Waals surface area contributed by atoms with Crippen molar-refractivity contribution in [2.75, 3.05) is 37.2 Å². The molecule has 0 aliphatic rings. The number of anilines is 3. The smallest absolute Gasteiger partial charge is 0.296 e. The second-order valence-corrected chi connectivity index (χ2v) is 23.4. The van der Waals surface area contributed by atoms with Gasteiger partial charge in [0.15, 0.2) is 5.75 Å². The Bertz CT molecular complexity index is 4380. The summed E-state index contributed by atoms with van der Waals surface area (Å²) in [5.74, 6) is -2.15. The SMILES string of the molecule is COc1cc(N=Nc2c(S(=O)(=O)O)cc3cc(Nc4ccccc4)ccc3c2O)c(OC)cc1N=Nc1cc(C)c(N=Nc2ccc(C(=O)Nc3cc4c(OCCCS(=O)(=O)O)cc(S(=O)(=O)O)cc4cc3S(=O)(=O)O)cc2)cc1C. The van der Waals surface area contributed by atoms with Gasteiger partial charge < -0.3 is 30.0 Å². The second-order valence-electron chi connectivity index (χ2n) is 17.6. The fraction of sp³-hybridized carbons (Fsp3) is 0.135. The zero-order valence-corrected chi connectivity index (χ0v) is 46.0. The molecule has 0 spiro atoms. The Morgan fingerprint density at radius 3 is 1.69 bits per heavy atom. The predicted octanol–water partition coefficient (Wildman–Crippen LogP) is 12.0. The number of hydrogen-bond donors (Lipinski definition) is 7. The number of para-hydroxylation sites is 1. The van der Waals surface area contributed by atoms with Crippen molar-refractivity contribution in [1.82, 2.24) is 0 Å². The van der Waals surface area contributed by atoms with E-state index in [1.807, 2.05) is 30.3 Å². The van der Waals surface area contributed by atoms with Gasteiger partial charge in [-0.15, -0.1) is 15.3 Å². The molecule has 0 unspecified atom stereocenters. The fourth-order valence-corrected chi connectivity index (χ4v) is 10.3. The van der Waals surface area contributed by atoms with Crippen molar-refractivity contribution < 1.29 is 76.0 Å². The van der Waals surface area contributed by atoms with Crippen molar-refractivity contribution in [3.63, 3.8) is 0 Å². The van der Waals surface area contributed by atoms with Crippen LogP contribution in [0.1, 0.15) is 27.9 Å². The average molecular weight is 1180 g/mol. The number of phenolic OH excluding ortho intramolecular Hbond substituents is 1. The molecule has 81 heavy (non-hydrogen) atoms. The summed E-state index contributed by atoms with van der Waals surface area (Å²) in [4.78, 5) is 11.2. The zero-order chi connectivity index (χ0) is 58.6. The molecule has 0 saturated carbocycles. The van der Waals surface area contributed by atoms with E-state index in [2.05, 4.69) is 41.3 Å². The minimum Gasteiger partial charge on any atom is -0.505 e. The van der Waals surface area contributed by atoms with Crippen molar-refractivity contribution in [3.8, 4) is 23.0 Å². The Labute approximate surface area is 462 Å². The van der Waals surface area contributed by atoms with Gasteiger partial charge in [-0.05, 0) is 133 Å². The Balaban J connectivity index is 0.984. The van der Waals surface area contributed by atoms with Crippen LogP contribution < -0.4 is 24.8 Å². The third-order valence-electron chi connectivity index (χ3n) is 11.9.